The third kappa shape index (κ3) is 2.19. The topological polar surface area (TPSA) is 43.3 Å². The molecule has 0 saturated heterocycles. The van der Waals surface area contributed by atoms with Gasteiger partial charge in [0.15, 0.2) is 5.65 Å². The molecule has 0 N–H and O–H groups in total. The first-order valence-corrected chi connectivity index (χ1v) is 12.1. The van der Waals surface area contributed by atoms with Crippen LogP contribution in [0.3, 0.4) is 0 Å². The summed E-state index contributed by atoms with van der Waals surface area (Å²) in [4.78, 5) is 10.3. The summed E-state index contributed by atoms with van der Waals surface area (Å²) in [6, 6.07) is 35.8. The van der Waals surface area contributed by atoms with Crippen LogP contribution in [0, 0.1) is 0 Å². The Morgan fingerprint density at radius 2 is 1.42 bits per heavy atom. The first kappa shape index (κ1) is 18.4. The van der Waals surface area contributed by atoms with E-state index in [9.17, 15) is 0 Å². The Kier molecular flexibility index (Phi) is 3.25. The molecule has 0 fully saturated rings. The lowest BCUT2D eigenvalue weighted by Gasteiger charge is -2.04. The molecule has 0 aliphatic carbocycles. The van der Waals surface area contributed by atoms with Gasteiger partial charge in [-0.2, -0.15) is 0 Å². The van der Waals surface area contributed by atoms with E-state index in [1.807, 2.05) is 18.2 Å². The number of hydrogen-bond donors (Lipinski definition) is 0. The highest BCUT2D eigenvalue weighted by atomic mass is 16.3. The molecule has 0 spiro atoms. The van der Waals surface area contributed by atoms with E-state index >= 15 is 0 Å². The molecule has 4 nitrogen and oxygen atoms in total. The molecular weight excluding hydrogens is 442 g/mol. The van der Waals surface area contributed by atoms with Crippen molar-refractivity contribution in [3.63, 3.8) is 0 Å². The third-order valence-corrected chi connectivity index (χ3v) is 7.51. The quantitative estimate of drug-likeness (QED) is 0.248. The Morgan fingerprint density at radius 3 is 2.36 bits per heavy atom. The predicted molar refractivity (Wildman–Crippen MR) is 147 cm³/mol. The first-order chi connectivity index (χ1) is 17.8. The van der Waals surface area contributed by atoms with Crippen LogP contribution < -0.4 is 0 Å². The Bertz CT molecular complexity index is 2310. The van der Waals surface area contributed by atoms with Crippen molar-refractivity contribution in [2.75, 3.05) is 0 Å². The van der Waals surface area contributed by atoms with E-state index in [1.165, 1.54) is 10.9 Å². The van der Waals surface area contributed by atoms with Gasteiger partial charge in [-0.15, -0.1) is 0 Å². The molecule has 0 saturated carbocycles. The fourth-order valence-electron chi connectivity index (χ4n) is 5.93. The molecule has 166 valence electrons. The Labute approximate surface area is 204 Å². The summed E-state index contributed by atoms with van der Waals surface area (Å²) in [5.41, 5.74) is 10.00. The van der Waals surface area contributed by atoms with Crippen LogP contribution in [0.15, 0.2) is 108 Å². The zero-order valence-electron chi connectivity index (χ0n) is 19.1. The molecule has 0 aliphatic heterocycles. The average molecular weight is 460 g/mol. The number of fused-ring (bicyclic) bond motifs is 11. The number of furan rings is 1. The van der Waals surface area contributed by atoms with Crippen LogP contribution in [-0.2, 0) is 0 Å². The molecule has 0 bridgehead atoms. The van der Waals surface area contributed by atoms with Gasteiger partial charge in [-0.1, -0.05) is 72.8 Å². The highest BCUT2D eigenvalue weighted by Gasteiger charge is 2.22. The Hall–Kier alpha value is -4.96. The van der Waals surface area contributed by atoms with Crippen molar-refractivity contribution in [3.05, 3.63) is 103 Å². The van der Waals surface area contributed by atoms with Crippen molar-refractivity contribution in [2.45, 2.75) is 0 Å². The van der Waals surface area contributed by atoms with Gasteiger partial charge in [0, 0.05) is 21.5 Å². The van der Waals surface area contributed by atoms with Crippen molar-refractivity contribution in [1.82, 2.24) is 14.4 Å². The highest BCUT2D eigenvalue weighted by molar-refractivity contribution is 6.29. The molecule has 5 aromatic carbocycles. The SMILES string of the molecule is c1ccc(-c2ccc3nc4c5cccc6c7c8oc9ccccc9c8ccc7n(c4nc3c2)c56)cc1. The molecule has 0 atom stereocenters. The van der Waals surface area contributed by atoms with Gasteiger partial charge in [-0.25, -0.2) is 9.97 Å². The van der Waals surface area contributed by atoms with Crippen LogP contribution in [0.5, 0.6) is 0 Å². The van der Waals surface area contributed by atoms with Crippen LogP contribution in [0.4, 0.5) is 0 Å². The largest absolute Gasteiger partial charge is 0.455 e. The molecule has 4 aromatic heterocycles. The summed E-state index contributed by atoms with van der Waals surface area (Å²) in [5, 5.41) is 5.69. The fourth-order valence-corrected chi connectivity index (χ4v) is 5.93. The van der Waals surface area contributed by atoms with Gasteiger partial charge in [0.05, 0.1) is 27.5 Å². The number of para-hydroxylation sites is 2. The minimum Gasteiger partial charge on any atom is -0.455 e. The maximum atomic E-state index is 6.42. The van der Waals surface area contributed by atoms with E-state index in [4.69, 9.17) is 14.4 Å². The monoisotopic (exact) mass is 459 g/mol. The molecule has 36 heavy (non-hydrogen) atoms. The molecule has 9 rings (SSSR count). The zero-order valence-corrected chi connectivity index (χ0v) is 19.1. The zero-order chi connectivity index (χ0) is 23.4. The van der Waals surface area contributed by atoms with Gasteiger partial charge in [0.1, 0.15) is 16.7 Å². The average Bonchev–Trinajstić information content (AvgIpc) is 3.58. The Morgan fingerprint density at radius 1 is 0.583 bits per heavy atom. The van der Waals surface area contributed by atoms with Crippen molar-refractivity contribution < 1.29 is 4.42 Å². The lowest BCUT2D eigenvalue weighted by atomic mass is 10.0. The summed E-state index contributed by atoms with van der Waals surface area (Å²) >= 11 is 0. The van der Waals surface area contributed by atoms with E-state index in [0.717, 1.165) is 71.5 Å². The molecule has 0 unspecified atom stereocenters. The number of hydrogen-bond acceptors (Lipinski definition) is 3. The van der Waals surface area contributed by atoms with Crippen LogP contribution >= 0.6 is 0 Å². The molecule has 0 aliphatic rings. The summed E-state index contributed by atoms with van der Waals surface area (Å²) in [5.74, 6) is 0. The second-order valence-corrected chi connectivity index (χ2v) is 9.44. The summed E-state index contributed by atoms with van der Waals surface area (Å²) < 4.78 is 8.69. The van der Waals surface area contributed by atoms with Gasteiger partial charge in [-0.3, -0.25) is 4.40 Å². The van der Waals surface area contributed by atoms with Crippen molar-refractivity contribution in [2.24, 2.45) is 0 Å². The molecule has 4 heteroatoms. The van der Waals surface area contributed by atoms with Crippen LogP contribution in [0.1, 0.15) is 0 Å². The number of benzene rings is 5. The van der Waals surface area contributed by atoms with Crippen LogP contribution in [0.25, 0.3) is 82.5 Å². The second kappa shape index (κ2) is 6.37. The lowest BCUT2D eigenvalue weighted by Crippen LogP contribution is -1.90. The number of rotatable bonds is 1. The molecule has 0 amide bonds. The maximum absolute atomic E-state index is 6.42. The highest BCUT2D eigenvalue weighted by Crippen LogP contribution is 2.43. The molecule has 4 heterocycles. The fraction of sp³-hybridized carbons (Fsp3) is 0. The van der Waals surface area contributed by atoms with Gasteiger partial charge in [0.25, 0.3) is 0 Å². The summed E-state index contributed by atoms with van der Waals surface area (Å²) in [6.45, 7) is 0. The molecule has 9 aromatic rings. The van der Waals surface area contributed by atoms with Gasteiger partial charge in [0.2, 0.25) is 0 Å². The van der Waals surface area contributed by atoms with Gasteiger partial charge in [-0.05, 0) is 41.5 Å². The van der Waals surface area contributed by atoms with Gasteiger partial charge >= 0.3 is 0 Å². The van der Waals surface area contributed by atoms with Crippen molar-refractivity contribution >= 4 is 71.3 Å². The third-order valence-electron chi connectivity index (χ3n) is 7.51. The van der Waals surface area contributed by atoms with Crippen LogP contribution in [-0.4, -0.2) is 14.4 Å². The molecule has 0 radical (unpaired) electrons. The molecular formula is C32H17N3O. The van der Waals surface area contributed by atoms with Gasteiger partial charge < -0.3 is 4.42 Å². The first-order valence-electron chi connectivity index (χ1n) is 12.1. The standard InChI is InChI=1S/C32H17N3O/c1-2-7-18(8-3-1)19-13-15-24-25(17-19)34-32-29(33-24)23-11-6-10-22-28-26(35(32)30(22)23)16-14-21-20-9-4-5-12-27(20)36-31(21)28/h1-17H. The smallest absolute Gasteiger partial charge is 0.165 e. The van der Waals surface area contributed by atoms with E-state index < -0.39 is 0 Å². The maximum Gasteiger partial charge on any atom is 0.165 e. The van der Waals surface area contributed by atoms with Crippen LogP contribution in [0.2, 0.25) is 0 Å². The normalized spacial score (nSPS) is 12.4. The van der Waals surface area contributed by atoms with Crippen molar-refractivity contribution in [1.29, 1.82) is 0 Å². The minimum atomic E-state index is 0.879. The summed E-state index contributed by atoms with van der Waals surface area (Å²) in [7, 11) is 0. The van der Waals surface area contributed by atoms with Crippen molar-refractivity contribution in [3.8, 4) is 11.1 Å². The van der Waals surface area contributed by atoms with E-state index in [-0.39, 0.29) is 0 Å². The van der Waals surface area contributed by atoms with E-state index in [0.29, 0.717) is 0 Å². The number of aromatic nitrogens is 3. The Balaban J connectivity index is 1.45. The lowest BCUT2D eigenvalue weighted by molar-refractivity contribution is 0.673. The minimum absolute atomic E-state index is 0.879. The predicted octanol–water partition coefficient (Wildman–Crippen LogP) is 8.35. The van der Waals surface area contributed by atoms with E-state index in [1.54, 1.807) is 0 Å². The van der Waals surface area contributed by atoms with E-state index in [2.05, 4.69) is 89.3 Å². The number of nitrogens with zero attached hydrogens (tertiary/aromatic N) is 3. The summed E-state index contributed by atoms with van der Waals surface area (Å²) in [6.07, 6.45) is 0. The second-order valence-electron chi connectivity index (χ2n) is 9.44.